The van der Waals surface area contributed by atoms with Crippen molar-refractivity contribution in [3.8, 4) is 0 Å². The smallest absolute Gasteiger partial charge is 0.303 e. The molecule has 3 aliphatic rings. The highest BCUT2D eigenvalue weighted by atomic mass is 16.4. The zero-order valence-corrected chi connectivity index (χ0v) is 16.3. The summed E-state index contributed by atoms with van der Waals surface area (Å²) in [4.78, 5) is 28.3. The maximum absolute atomic E-state index is 12.8. The zero-order chi connectivity index (χ0) is 19.2. The predicted molar refractivity (Wildman–Crippen MR) is 104 cm³/mol. The van der Waals surface area contributed by atoms with Gasteiger partial charge in [0.2, 0.25) is 0 Å². The zero-order valence-electron chi connectivity index (χ0n) is 16.3. The van der Waals surface area contributed by atoms with E-state index in [1.54, 1.807) is 0 Å². The lowest BCUT2D eigenvalue weighted by atomic mass is 9.48. The Hall–Kier alpha value is -1.97. The molecule has 5 atom stereocenters. The van der Waals surface area contributed by atoms with Crippen LogP contribution in [0.1, 0.15) is 64.4 Å². The second-order valence-corrected chi connectivity index (χ2v) is 9.20. The Morgan fingerprint density at radius 3 is 2.81 bits per heavy atom. The van der Waals surface area contributed by atoms with Crippen molar-refractivity contribution < 1.29 is 14.7 Å². The summed E-state index contributed by atoms with van der Waals surface area (Å²) < 4.78 is 0. The van der Waals surface area contributed by atoms with Crippen LogP contribution in [0.15, 0.2) is 30.6 Å². The summed E-state index contributed by atoms with van der Waals surface area (Å²) in [6.07, 6.45) is 11.4. The number of nitrogens with zero attached hydrogens (tertiary/aromatic N) is 1. The Morgan fingerprint density at radius 2 is 2.11 bits per heavy atom. The molecule has 3 aliphatic carbocycles. The van der Waals surface area contributed by atoms with Crippen molar-refractivity contribution in [1.29, 1.82) is 0 Å². The third-order valence-corrected chi connectivity index (χ3v) is 8.01. The molecule has 1 N–H and O–H groups in total. The fraction of sp³-hybridized carbons (Fsp3) is 0.609. The van der Waals surface area contributed by atoms with Crippen LogP contribution < -0.4 is 0 Å². The first-order chi connectivity index (χ1) is 12.9. The highest BCUT2D eigenvalue weighted by Crippen LogP contribution is 2.64. The molecule has 0 spiro atoms. The van der Waals surface area contributed by atoms with Crippen LogP contribution in [0.25, 0.3) is 5.57 Å². The molecule has 2 fully saturated rings. The van der Waals surface area contributed by atoms with Crippen LogP contribution in [-0.2, 0) is 9.59 Å². The molecule has 0 saturated heterocycles. The topological polar surface area (TPSA) is 67.3 Å². The van der Waals surface area contributed by atoms with Gasteiger partial charge in [-0.2, -0.15) is 0 Å². The number of allylic oxidation sites excluding steroid dienone is 2. The number of aromatic nitrogens is 1. The first-order valence-corrected chi connectivity index (χ1v) is 10.2. The van der Waals surface area contributed by atoms with Crippen molar-refractivity contribution in [2.75, 3.05) is 0 Å². The van der Waals surface area contributed by atoms with E-state index in [0.29, 0.717) is 30.6 Å². The van der Waals surface area contributed by atoms with Crippen LogP contribution in [0.3, 0.4) is 0 Å². The van der Waals surface area contributed by atoms with E-state index in [-0.39, 0.29) is 17.6 Å². The number of hydrogen-bond acceptors (Lipinski definition) is 3. The number of carboxylic acids is 1. The van der Waals surface area contributed by atoms with Gasteiger partial charge in [-0.25, -0.2) is 0 Å². The number of fused-ring (bicyclic) bond motifs is 3. The van der Waals surface area contributed by atoms with Gasteiger partial charge < -0.3 is 5.11 Å². The number of carbonyl (C=O) groups excluding carboxylic acids is 1. The molecule has 0 bridgehead atoms. The molecule has 144 valence electrons. The summed E-state index contributed by atoms with van der Waals surface area (Å²) in [7, 11) is 0. The molecule has 2 saturated carbocycles. The third-order valence-electron chi connectivity index (χ3n) is 8.01. The Labute approximate surface area is 161 Å². The first kappa shape index (κ1) is 18.4. The highest BCUT2D eigenvalue weighted by Gasteiger charge is 2.57. The first-order valence-electron chi connectivity index (χ1n) is 10.2. The molecule has 5 unspecified atom stereocenters. The van der Waals surface area contributed by atoms with E-state index in [1.807, 2.05) is 25.4 Å². The van der Waals surface area contributed by atoms with Crippen LogP contribution in [0.2, 0.25) is 0 Å². The number of ketones is 1. The molecule has 0 aliphatic heterocycles. The molecule has 1 aromatic rings. The molecule has 1 aromatic heterocycles. The van der Waals surface area contributed by atoms with Crippen LogP contribution in [0.5, 0.6) is 0 Å². The van der Waals surface area contributed by atoms with Gasteiger partial charge in [-0.15, -0.1) is 0 Å². The summed E-state index contributed by atoms with van der Waals surface area (Å²) in [6, 6.07) is 4.15. The van der Waals surface area contributed by atoms with Crippen molar-refractivity contribution in [1.82, 2.24) is 4.98 Å². The summed E-state index contributed by atoms with van der Waals surface area (Å²) in [6.45, 7) is 4.44. The van der Waals surface area contributed by atoms with Gasteiger partial charge in [-0.3, -0.25) is 14.6 Å². The molecule has 0 radical (unpaired) electrons. The SMILES string of the molecule is CC1(CCC(=O)O)C(=O)CCC2C1CCC1(C)C(c3cccnc3)=CCC21. The Kier molecular flexibility index (Phi) is 4.48. The number of rotatable bonds is 4. The van der Waals surface area contributed by atoms with Gasteiger partial charge in [-0.1, -0.05) is 26.0 Å². The monoisotopic (exact) mass is 367 g/mol. The molecule has 0 aromatic carbocycles. The van der Waals surface area contributed by atoms with Crippen LogP contribution in [0, 0.1) is 28.6 Å². The number of carboxylic acid groups (broad SMARTS) is 1. The lowest BCUT2D eigenvalue weighted by Crippen LogP contribution is -2.51. The van der Waals surface area contributed by atoms with Gasteiger partial charge in [0, 0.05) is 30.7 Å². The second kappa shape index (κ2) is 6.57. The Bertz CT molecular complexity index is 786. The van der Waals surface area contributed by atoms with Gasteiger partial charge in [0.25, 0.3) is 0 Å². The van der Waals surface area contributed by atoms with Gasteiger partial charge in [0.05, 0.1) is 0 Å². The predicted octanol–water partition coefficient (Wildman–Crippen LogP) is 4.75. The average Bonchev–Trinajstić information content (AvgIpc) is 3.01. The van der Waals surface area contributed by atoms with Crippen molar-refractivity contribution in [3.63, 3.8) is 0 Å². The molecule has 0 amide bonds. The standard InChI is InChI=1S/C23H29NO3/c1-22-11-9-19-16(5-8-20(25)23(19,2)12-10-21(26)27)18(22)7-6-17(22)15-4-3-13-24-14-15/h3-4,6,13-14,16,18-19H,5,7-12H2,1-2H3,(H,26,27). The molecule has 4 rings (SSSR count). The number of hydrogen-bond donors (Lipinski definition) is 1. The number of carbonyl (C=O) groups is 2. The minimum atomic E-state index is -0.798. The molecule has 4 heteroatoms. The number of aliphatic carboxylic acids is 1. The number of pyridine rings is 1. The third kappa shape index (κ3) is 2.84. The Balaban J connectivity index is 1.62. The molecule has 27 heavy (non-hydrogen) atoms. The summed E-state index contributed by atoms with van der Waals surface area (Å²) in [5, 5.41) is 9.17. The van der Waals surface area contributed by atoms with E-state index in [1.165, 1.54) is 11.1 Å². The van der Waals surface area contributed by atoms with E-state index in [0.717, 1.165) is 25.7 Å². The van der Waals surface area contributed by atoms with Crippen LogP contribution in [-0.4, -0.2) is 21.8 Å². The van der Waals surface area contributed by atoms with E-state index in [4.69, 9.17) is 5.11 Å². The average molecular weight is 367 g/mol. The fourth-order valence-electron chi connectivity index (χ4n) is 6.50. The minimum absolute atomic E-state index is 0.0899. The van der Waals surface area contributed by atoms with Gasteiger partial charge >= 0.3 is 5.97 Å². The highest BCUT2D eigenvalue weighted by molar-refractivity contribution is 5.86. The van der Waals surface area contributed by atoms with E-state index in [9.17, 15) is 9.59 Å². The Morgan fingerprint density at radius 1 is 1.30 bits per heavy atom. The lowest BCUT2D eigenvalue weighted by molar-refractivity contribution is -0.146. The van der Waals surface area contributed by atoms with Gasteiger partial charge in [0.1, 0.15) is 5.78 Å². The number of Topliss-reactive ketones (excluding diaryl/α,β-unsaturated/α-hetero) is 1. The minimum Gasteiger partial charge on any atom is -0.481 e. The van der Waals surface area contributed by atoms with Gasteiger partial charge in [-0.05, 0) is 72.5 Å². The fourth-order valence-corrected chi connectivity index (χ4v) is 6.50. The van der Waals surface area contributed by atoms with E-state index in [2.05, 4.69) is 24.1 Å². The molecule has 1 heterocycles. The van der Waals surface area contributed by atoms with Crippen LogP contribution in [0.4, 0.5) is 0 Å². The largest absolute Gasteiger partial charge is 0.481 e. The van der Waals surface area contributed by atoms with Crippen molar-refractivity contribution in [2.45, 2.75) is 58.8 Å². The maximum atomic E-state index is 12.8. The summed E-state index contributed by atoms with van der Waals surface area (Å²) >= 11 is 0. The van der Waals surface area contributed by atoms with Gasteiger partial charge in [0.15, 0.2) is 0 Å². The van der Waals surface area contributed by atoms with Crippen LogP contribution >= 0.6 is 0 Å². The van der Waals surface area contributed by atoms with Crippen molar-refractivity contribution in [3.05, 3.63) is 36.2 Å². The normalized spacial score (nSPS) is 38.1. The van der Waals surface area contributed by atoms with E-state index < -0.39 is 11.4 Å². The van der Waals surface area contributed by atoms with Crippen molar-refractivity contribution in [2.24, 2.45) is 28.6 Å². The second-order valence-electron chi connectivity index (χ2n) is 9.20. The van der Waals surface area contributed by atoms with Crippen molar-refractivity contribution >= 4 is 17.3 Å². The maximum Gasteiger partial charge on any atom is 0.303 e. The lowest BCUT2D eigenvalue weighted by Gasteiger charge is -2.55. The molecular weight excluding hydrogens is 338 g/mol. The summed E-state index contributed by atoms with van der Waals surface area (Å²) in [5.41, 5.74) is 2.31. The summed E-state index contributed by atoms with van der Waals surface area (Å²) in [5.74, 6) is 0.854. The molecular formula is C23H29NO3. The molecule has 4 nitrogen and oxygen atoms in total. The van der Waals surface area contributed by atoms with E-state index >= 15 is 0 Å². The quantitative estimate of drug-likeness (QED) is 0.834.